The number of carboxylic acids is 1. The van der Waals surface area contributed by atoms with Crippen LogP contribution in [-0.2, 0) is 9.53 Å². The Morgan fingerprint density at radius 2 is 1.18 bits per heavy atom. The Kier molecular flexibility index (Phi) is 28.3. The number of aliphatic hydroxyl groups is 3. The zero-order valence-electron chi connectivity index (χ0n) is 29.0. The zero-order chi connectivity index (χ0) is 32.8. The normalized spacial score (nSPS) is 18.1. The van der Waals surface area contributed by atoms with Crippen molar-refractivity contribution in [3.05, 3.63) is 12.2 Å². The smallest absolute Gasteiger partial charge is 0.303 e. The molecule has 4 atom stereocenters. The summed E-state index contributed by atoms with van der Waals surface area (Å²) in [7, 11) is 0. The molecule has 0 spiro atoms. The minimum Gasteiger partial charge on any atom is -0.481 e. The molecule has 0 fully saturated rings. The summed E-state index contributed by atoms with van der Waals surface area (Å²) in [6, 6.07) is 0. The molecule has 0 aliphatic carbocycles. The van der Waals surface area contributed by atoms with Crippen molar-refractivity contribution >= 4 is 5.97 Å². The highest BCUT2D eigenvalue weighted by Crippen LogP contribution is 2.17. The molecule has 4 unspecified atom stereocenters. The van der Waals surface area contributed by atoms with Crippen LogP contribution in [-0.4, -0.2) is 75.8 Å². The molecule has 1 aliphatic rings. The van der Waals surface area contributed by atoms with Crippen molar-refractivity contribution in [2.75, 3.05) is 19.7 Å². The van der Waals surface area contributed by atoms with E-state index in [0.717, 1.165) is 64.5 Å². The molecule has 0 aromatic rings. The van der Waals surface area contributed by atoms with E-state index in [2.05, 4.69) is 12.2 Å². The highest BCUT2D eigenvalue weighted by atomic mass is 16.5. The van der Waals surface area contributed by atoms with Crippen molar-refractivity contribution in [1.82, 2.24) is 10.2 Å². The number of hydrogen-bond acceptors (Lipinski definition) is 7. The maximum absolute atomic E-state index is 11.0. The van der Waals surface area contributed by atoms with Gasteiger partial charge in [-0.3, -0.25) is 10.1 Å². The first-order chi connectivity index (χ1) is 21.9. The molecule has 1 heterocycles. The first-order valence-electron chi connectivity index (χ1n) is 19.0. The summed E-state index contributed by atoms with van der Waals surface area (Å²) in [5.41, 5.74) is 0. The Balaban J connectivity index is 1.80. The molecule has 1 aliphatic heterocycles. The van der Waals surface area contributed by atoms with E-state index in [9.17, 15) is 20.1 Å². The van der Waals surface area contributed by atoms with Crippen LogP contribution in [0.5, 0.6) is 0 Å². The fraction of sp³-hybridized carbons (Fsp3) is 0.919. The molecular weight excluding hydrogens is 568 g/mol. The van der Waals surface area contributed by atoms with Gasteiger partial charge in [-0.1, -0.05) is 122 Å². The van der Waals surface area contributed by atoms with Gasteiger partial charge in [0, 0.05) is 19.6 Å². The molecule has 8 heteroatoms. The summed E-state index contributed by atoms with van der Waals surface area (Å²) in [6.45, 7) is 4.52. The van der Waals surface area contributed by atoms with Crippen LogP contribution in [0.1, 0.15) is 174 Å². The molecule has 0 aromatic heterocycles. The van der Waals surface area contributed by atoms with Crippen LogP contribution >= 0.6 is 0 Å². The average molecular weight is 641 g/mol. The summed E-state index contributed by atoms with van der Waals surface area (Å²) in [4.78, 5) is 12.6. The fourth-order valence-corrected chi connectivity index (χ4v) is 6.19. The Bertz CT molecular complexity index is 682. The van der Waals surface area contributed by atoms with Gasteiger partial charge in [-0.2, -0.15) is 0 Å². The Morgan fingerprint density at radius 1 is 0.689 bits per heavy atom. The van der Waals surface area contributed by atoms with Crippen molar-refractivity contribution in [3.63, 3.8) is 0 Å². The van der Waals surface area contributed by atoms with Gasteiger partial charge < -0.3 is 25.2 Å². The molecule has 0 bridgehead atoms. The van der Waals surface area contributed by atoms with Gasteiger partial charge in [-0.25, -0.2) is 4.90 Å². The van der Waals surface area contributed by atoms with E-state index in [1.165, 1.54) is 103 Å². The third-order valence-electron chi connectivity index (χ3n) is 9.14. The van der Waals surface area contributed by atoms with Crippen molar-refractivity contribution < 1.29 is 30.0 Å². The van der Waals surface area contributed by atoms with Crippen molar-refractivity contribution in [2.45, 2.75) is 199 Å². The molecule has 0 radical (unpaired) electrons. The predicted molar refractivity (Wildman–Crippen MR) is 185 cm³/mol. The number of hydrogen-bond donors (Lipinski definition) is 5. The SMILES string of the molecule is CCCCCCOC(CCCCCCCCCCCCCCCCCNC(O)CCCCCN1C(O)C=CC1O)CCC(=O)O. The fourth-order valence-electron chi connectivity index (χ4n) is 6.19. The minimum absolute atomic E-state index is 0.115. The van der Waals surface area contributed by atoms with E-state index >= 15 is 0 Å². The molecule has 45 heavy (non-hydrogen) atoms. The molecule has 0 aromatic carbocycles. The number of nitrogens with one attached hydrogen (secondary N) is 1. The zero-order valence-corrected chi connectivity index (χ0v) is 29.0. The number of nitrogens with zero attached hydrogens (tertiary/aromatic N) is 1. The number of carboxylic acid groups (broad SMARTS) is 1. The van der Waals surface area contributed by atoms with E-state index in [1.54, 1.807) is 17.1 Å². The van der Waals surface area contributed by atoms with E-state index in [-0.39, 0.29) is 12.5 Å². The summed E-state index contributed by atoms with van der Waals surface area (Å²) in [5.74, 6) is -0.718. The molecule has 8 nitrogen and oxygen atoms in total. The van der Waals surface area contributed by atoms with E-state index in [0.29, 0.717) is 13.0 Å². The molecule has 5 N–H and O–H groups in total. The second-order valence-electron chi connectivity index (χ2n) is 13.3. The van der Waals surface area contributed by atoms with Gasteiger partial charge in [-0.05, 0) is 63.6 Å². The largest absolute Gasteiger partial charge is 0.481 e. The second-order valence-corrected chi connectivity index (χ2v) is 13.3. The van der Waals surface area contributed by atoms with Crippen LogP contribution in [0.4, 0.5) is 0 Å². The van der Waals surface area contributed by atoms with Crippen LogP contribution in [0.15, 0.2) is 12.2 Å². The molecule has 0 saturated carbocycles. The monoisotopic (exact) mass is 641 g/mol. The van der Waals surface area contributed by atoms with Crippen molar-refractivity contribution in [2.24, 2.45) is 0 Å². The third kappa shape index (κ3) is 25.7. The van der Waals surface area contributed by atoms with Gasteiger partial charge in [0.1, 0.15) is 18.7 Å². The number of carbonyl (C=O) groups is 1. The van der Waals surface area contributed by atoms with Crippen molar-refractivity contribution in [1.29, 1.82) is 0 Å². The van der Waals surface area contributed by atoms with Gasteiger partial charge in [0.25, 0.3) is 0 Å². The predicted octanol–water partition coefficient (Wildman–Crippen LogP) is 8.04. The van der Waals surface area contributed by atoms with Crippen LogP contribution in [0.25, 0.3) is 0 Å². The maximum atomic E-state index is 11.0. The highest BCUT2D eigenvalue weighted by Gasteiger charge is 2.24. The van der Waals surface area contributed by atoms with E-state index in [1.807, 2.05) is 0 Å². The molecule has 1 rings (SSSR count). The minimum atomic E-state index is -0.718. The number of aliphatic hydroxyl groups excluding tert-OH is 3. The molecule has 0 saturated heterocycles. The van der Waals surface area contributed by atoms with Gasteiger partial charge in [-0.15, -0.1) is 0 Å². The van der Waals surface area contributed by atoms with E-state index < -0.39 is 24.7 Å². The highest BCUT2D eigenvalue weighted by molar-refractivity contribution is 5.66. The number of aliphatic carboxylic acids is 1. The summed E-state index contributed by atoms with van der Waals surface area (Å²) < 4.78 is 6.02. The van der Waals surface area contributed by atoms with Gasteiger partial charge >= 0.3 is 5.97 Å². The molecular formula is C37H72N2O6. The lowest BCUT2D eigenvalue weighted by atomic mass is 10.0. The standard InChI is InChI=1S/C37H72N2O6/c1-2-3-4-23-32-45-33(26-29-37(43)44)24-19-16-14-12-10-8-6-5-7-9-11-13-15-17-21-30-38-34(40)25-20-18-22-31-39-35(41)27-28-36(39)42/h27-28,33-36,38,40-42H,2-26,29-32H2,1H3,(H,43,44). The first-order valence-corrected chi connectivity index (χ1v) is 19.0. The maximum Gasteiger partial charge on any atom is 0.303 e. The first kappa shape index (κ1) is 42.0. The lowest BCUT2D eigenvalue weighted by molar-refractivity contribution is -0.137. The lowest BCUT2D eigenvalue weighted by Crippen LogP contribution is -2.37. The number of unbranched alkanes of at least 4 members (excludes halogenated alkanes) is 19. The van der Waals surface area contributed by atoms with Gasteiger partial charge in [0.2, 0.25) is 0 Å². The summed E-state index contributed by atoms with van der Waals surface area (Å²) in [6.07, 6.45) is 31.2. The molecule has 0 amide bonds. The Hall–Kier alpha value is -1.03. The van der Waals surface area contributed by atoms with Crippen LogP contribution in [0.2, 0.25) is 0 Å². The quantitative estimate of drug-likeness (QED) is 0.0272. The summed E-state index contributed by atoms with van der Waals surface area (Å²) >= 11 is 0. The van der Waals surface area contributed by atoms with Crippen LogP contribution < -0.4 is 5.32 Å². The summed E-state index contributed by atoms with van der Waals surface area (Å²) in [5, 5.41) is 41.9. The topological polar surface area (TPSA) is 122 Å². The number of rotatable bonds is 34. The van der Waals surface area contributed by atoms with Crippen LogP contribution in [0.3, 0.4) is 0 Å². The average Bonchev–Trinajstić information content (AvgIpc) is 3.34. The second kappa shape index (κ2) is 30.3. The number of ether oxygens (including phenoxy) is 1. The van der Waals surface area contributed by atoms with Crippen LogP contribution in [0, 0.1) is 0 Å². The van der Waals surface area contributed by atoms with Gasteiger partial charge in [0.15, 0.2) is 0 Å². The lowest BCUT2D eigenvalue weighted by Gasteiger charge is -2.23. The molecule has 266 valence electrons. The Labute approximate surface area is 276 Å². The van der Waals surface area contributed by atoms with E-state index in [4.69, 9.17) is 9.84 Å². The Morgan fingerprint density at radius 3 is 1.73 bits per heavy atom. The third-order valence-corrected chi connectivity index (χ3v) is 9.14. The van der Waals surface area contributed by atoms with Gasteiger partial charge in [0.05, 0.1) is 6.10 Å². The van der Waals surface area contributed by atoms with Crippen molar-refractivity contribution in [3.8, 4) is 0 Å².